The lowest BCUT2D eigenvalue weighted by atomic mass is 10.2. The van der Waals surface area contributed by atoms with Gasteiger partial charge in [-0.05, 0) is 31.2 Å². The summed E-state index contributed by atoms with van der Waals surface area (Å²) in [5.74, 6) is 0.358. The minimum absolute atomic E-state index is 0.222. The van der Waals surface area contributed by atoms with Gasteiger partial charge in [0.25, 0.3) is 10.0 Å². The van der Waals surface area contributed by atoms with Crippen molar-refractivity contribution in [2.45, 2.75) is 18.4 Å². The average molecular weight is 301 g/mol. The van der Waals surface area contributed by atoms with Gasteiger partial charge in [0.2, 0.25) is 0 Å². The van der Waals surface area contributed by atoms with Crippen LogP contribution in [0.4, 0.5) is 5.82 Å². The molecule has 1 heterocycles. The maximum atomic E-state index is 12.4. The lowest BCUT2D eigenvalue weighted by Crippen LogP contribution is -2.13. The molecular formula is C15H15N3O2S. The van der Waals surface area contributed by atoms with Gasteiger partial charge in [0.1, 0.15) is 0 Å². The molecule has 2 aromatic carbocycles. The maximum Gasteiger partial charge on any atom is 0.263 e. The van der Waals surface area contributed by atoms with E-state index in [0.29, 0.717) is 12.4 Å². The molecular weight excluding hydrogens is 286 g/mol. The largest absolute Gasteiger partial charge is 0.263 e. The van der Waals surface area contributed by atoms with E-state index in [2.05, 4.69) is 9.82 Å². The van der Waals surface area contributed by atoms with Crippen molar-refractivity contribution in [1.82, 2.24) is 9.78 Å². The molecule has 3 rings (SSSR count). The van der Waals surface area contributed by atoms with Gasteiger partial charge in [-0.25, -0.2) is 8.42 Å². The van der Waals surface area contributed by atoms with Gasteiger partial charge in [0.15, 0.2) is 5.82 Å². The molecule has 0 fully saturated rings. The number of para-hydroxylation sites is 1. The quantitative estimate of drug-likeness (QED) is 0.806. The third-order valence-corrected chi connectivity index (χ3v) is 4.60. The van der Waals surface area contributed by atoms with Crippen LogP contribution in [-0.4, -0.2) is 18.2 Å². The number of fused-ring (bicyclic) bond motifs is 1. The van der Waals surface area contributed by atoms with Crippen molar-refractivity contribution in [3.63, 3.8) is 0 Å². The van der Waals surface area contributed by atoms with E-state index in [4.69, 9.17) is 0 Å². The van der Waals surface area contributed by atoms with Crippen molar-refractivity contribution in [3.05, 3.63) is 54.6 Å². The molecule has 1 aromatic heterocycles. The van der Waals surface area contributed by atoms with Crippen LogP contribution in [0.2, 0.25) is 0 Å². The fraction of sp³-hybridized carbons (Fsp3) is 0.133. The van der Waals surface area contributed by atoms with Gasteiger partial charge in [-0.15, -0.1) is 0 Å². The maximum absolute atomic E-state index is 12.4. The summed E-state index contributed by atoms with van der Waals surface area (Å²) in [5, 5.41) is 5.14. The topological polar surface area (TPSA) is 64.0 Å². The van der Waals surface area contributed by atoms with Gasteiger partial charge >= 0.3 is 0 Å². The molecule has 0 aliphatic heterocycles. The van der Waals surface area contributed by atoms with Crippen LogP contribution in [0.15, 0.2) is 59.5 Å². The summed E-state index contributed by atoms with van der Waals surface area (Å²) in [7, 11) is -3.63. The first-order valence-corrected chi connectivity index (χ1v) is 8.13. The molecule has 0 unspecified atom stereocenters. The first-order chi connectivity index (χ1) is 10.1. The molecule has 0 radical (unpaired) electrons. The van der Waals surface area contributed by atoms with Crippen LogP contribution in [0.3, 0.4) is 0 Å². The predicted molar refractivity (Wildman–Crippen MR) is 82.7 cm³/mol. The van der Waals surface area contributed by atoms with Gasteiger partial charge in [-0.2, -0.15) is 5.10 Å². The second kappa shape index (κ2) is 5.21. The SMILES string of the molecule is CCn1nc(NS(=O)(=O)c2ccccc2)c2ccccc21. The molecule has 5 nitrogen and oxygen atoms in total. The number of hydrogen-bond acceptors (Lipinski definition) is 3. The molecule has 6 heteroatoms. The smallest absolute Gasteiger partial charge is 0.263 e. The third-order valence-electron chi connectivity index (χ3n) is 3.24. The van der Waals surface area contributed by atoms with E-state index in [1.807, 2.05) is 31.2 Å². The minimum Gasteiger partial charge on any atom is -0.263 e. The highest BCUT2D eigenvalue weighted by atomic mass is 32.2. The number of sulfonamides is 1. The zero-order chi connectivity index (χ0) is 14.9. The Hall–Kier alpha value is -2.34. The number of nitrogens with one attached hydrogen (secondary N) is 1. The Balaban J connectivity index is 2.07. The van der Waals surface area contributed by atoms with Gasteiger partial charge in [-0.3, -0.25) is 9.40 Å². The average Bonchev–Trinajstić information content (AvgIpc) is 2.86. The number of nitrogens with zero attached hydrogens (tertiary/aromatic N) is 2. The van der Waals surface area contributed by atoms with E-state index in [-0.39, 0.29) is 4.90 Å². The van der Waals surface area contributed by atoms with Crippen molar-refractivity contribution >= 4 is 26.7 Å². The van der Waals surface area contributed by atoms with Crippen LogP contribution in [0, 0.1) is 0 Å². The van der Waals surface area contributed by atoms with Crippen molar-refractivity contribution in [2.24, 2.45) is 0 Å². The number of aryl methyl sites for hydroxylation is 1. The van der Waals surface area contributed by atoms with Gasteiger partial charge in [-0.1, -0.05) is 30.3 Å². The Morgan fingerprint density at radius 1 is 1.05 bits per heavy atom. The first kappa shape index (κ1) is 13.6. The van der Waals surface area contributed by atoms with Gasteiger partial charge in [0.05, 0.1) is 10.4 Å². The highest BCUT2D eigenvalue weighted by Gasteiger charge is 2.18. The summed E-state index contributed by atoms with van der Waals surface area (Å²) in [6.07, 6.45) is 0. The standard InChI is InChI=1S/C15H15N3O2S/c1-2-18-14-11-7-6-10-13(14)15(16-18)17-21(19,20)12-8-4-3-5-9-12/h3-11H,2H2,1H3,(H,16,17). The van der Waals surface area contributed by atoms with Crippen LogP contribution in [-0.2, 0) is 16.6 Å². The van der Waals surface area contributed by atoms with E-state index in [9.17, 15) is 8.42 Å². The first-order valence-electron chi connectivity index (χ1n) is 6.65. The fourth-order valence-corrected chi connectivity index (χ4v) is 3.27. The Kier molecular flexibility index (Phi) is 3.39. The number of hydrogen-bond donors (Lipinski definition) is 1. The lowest BCUT2D eigenvalue weighted by molar-refractivity contribution is 0.600. The predicted octanol–water partition coefficient (Wildman–Crippen LogP) is 2.86. The monoisotopic (exact) mass is 301 g/mol. The van der Waals surface area contributed by atoms with E-state index in [0.717, 1.165) is 10.9 Å². The van der Waals surface area contributed by atoms with Crippen molar-refractivity contribution in [3.8, 4) is 0 Å². The van der Waals surface area contributed by atoms with Crippen LogP contribution in [0.5, 0.6) is 0 Å². The van der Waals surface area contributed by atoms with Crippen molar-refractivity contribution in [2.75, 3.05) is 4.72 Å². The van der Waals surface area contributed by atoms with Crippen molar-refractivity contribution < 1.29 is 8.42 Å². The Morgan fingerprint density at radius 2 is 1.71 bits per heavy atom. The Morgan fingerprint density at radius 3 is 2.43 bits per heavy atom. The lowest BCUT2D eigenvalue weighted by Gasteiger charge is -2.05. The van der Waals surface area contributed by atoms with E-state index in [1.165, 1.54) is 0 Å². The van der Waals surface area contributed by atoms with Crippen molar-refractivity contribution in [1.29, 1.82) is 0 Å². The van der Waals surface area contributed by atoms with E-state index < -0.39 is 10.0 Å². The van der Waals surface area contributed by atoms with Crippen LogP contribution in [0.1, 0.15) is 6.92 Å². The molecule has 108 valence electrons. The Labute approximate surface area is 123 Å². The molecule has 0 atom stereocenters. The molecule has 0 saturated heterocycles. The number of aromatic nitrogens is 2. The van der Waals surface area contributed by atoms with E-state index in [1.54, 1.807) is 35.0 Å². The fourth-order valence-electron chi connectivity index (χ4n) is 2.23. The highest BCUT2D eigenvalue weighted by molar-refractivity contribution is 7.92. The summed E-state index contributed by atoms with van der Waals surface area (Å²) >= 11 is 0. The summed E-state index contributed by atoms with van der Waals surface area (Å²) in [4.78, 5) is 0.222. The molecule has 0 bridgehead atoms. The second-order valence-electron chi connectivity index (χ2n) is 4.60. The van der Waals surface area contributed by atoms with Crippen LogP contribution < -0.4 is 4.72 Å². The second-order valence-corrected chi connectivity index (χ2v) is 6.28. The molecule has 1 N–H and O–H groups in total. The molecule has 3 aromatic rings. The normalized spacial score (nSPS) is 11.7. The Bertz CT molecular complexity index is 870. The number of rotatable bonds is 4. The molecule has 0 spiro atoms. The van der Waals surface area contributed by atoms with Crippen LogP contribution >= 0.6 is 0 Å². The number of anilines is 1. The van der Waals surface area contributed by atoms with Gasteiger partial charge in [0, 0.05) is 11.9 Å². The molecule has 0 aliphatic rings. The molecule has 0 aliphatic carbocycles. The molecule has 0 amide bonds. The highest BCUT2D eigenvalue weighted by Crippen LogP contribution is 2.24. The molecule has 0 saturated carbocycles. The van der Waals surface area contributed by atoms with Crippen LogP contribution in [0.25, 0.3) is 10.9 Å². The third kappa shape index (κ3) is 2.50. The molecule has 21 heavy (non-hydrogen) atoms. The number of benzene rings is 2. The van der Waals surface area contributed by atoms with E-state index >= 15 is 0 Å². The minimum atomic E-state index is -3.63. The van der Waals surface area contributed by atoms with Gasteiger partial charge < -0.3 is 0 Å². The zero-order valence-corrected chi connectivity index (χ0v) is 12.3. The summed E-state index contributed by atoms with van der Waals surface area (Å²) in [5.41, 5.74) is 0.908. The summed E-state index contributed by atoms with van der Waals surface area (Å²) in [6, 6.07) is 15.8. The summed E-state index contributed by atoms with van der Waals surface area (Å²) < 4.78 is 29.1. The summed E-state index contributed by atoms with van der Waals surface area (Å²) in [6.45, 7) is 2.64. The zero-order valence-electron chi connectivity index (χ0n) is 11.5.